The molecule has 31 heavy (non-hydrogen) atoms. The number of esters is 1. The van der Waals surface area contributed by atoms with Gasteiger partial charge in [-0.25, -0.2) is 4.79 Å². The topological polar surface area (TPSA) is 35.5 Å². The van der Waals surface area contributed by atoms with E-state index in [1.165, 1.54) is 6.92 Å². The maximum atomic E-state index is 13.3. The molecular formula is C19H13F9O3. The van der Waals surface area contributed by atoms with Gasteiger partial charge in [-0.15, -0.1) is 0 Å². The van der Waals surface area contributed by atoms with E-state index in [4.69, 9.17) is 4.74 Å². The second kappa shape index (κ2) is 8.67. The first-order chi connectivity index (χ1) is 14.1. The molecule has 0 aliphatic carbocycles. The molecule has 0 N–H and O–H groups in total. The predicted octanol–water partition coefficient (Wildman–Crippen LogP) is 6.43. The quantitative estimate of drug-likeness (QED) is 0.381. The van der Waals surface area contributed by atoms with Gasteiger partial charge in [-0.05, 0) is 37.3 Å². The van der Waals surface area contributed by atoms with Gasteiger partial charge in [0.25, 0.3) is 0 Å². The molecule has 2 aromatic rings. The third kappa shape index (κ3) is 6.05. The normalized spacial score (nSPS) is 13.6. The van der Waals surface area contributed by atoms with Crippen molar-refractivity contribution < 1.29 is 53.8 Å². The number of benzene rings is 2. The van der Waals surface area contributed by atoms with E-state index in [0.717, 1.165) is 12.1 Å². The Balaban J connectivity index is 2.57. The minimum atomic E-state index is -5.32. The molecule has 0 bridgehead atoms. The van der Waals surface area contributed by atoms with Crippen molar-refractivity contribution in [3.8, 4) is 5.75 Å². The van der Waals surface area contributed by atoms with Crippen LogP contribution in [-0.4, -0.2) is 12.6 Å². The number of carbonyl (C=O) groups is 1. The van der Waals surface area contributed by atoms with Crippen LogP contribution in [0.5, 0.6) is 5.75 Å². The second-order valence-electron chi connectivity index (χ2n) is 6.08. The minimum Gasteiger partial charge on any atom is -0.473 e. The molecule has 0 aliphatic rings. The van der Waals surface area contributed by atoms with Gasteiger partial charge in [-0.1, -0.05) is 12.1 Å². The maximum Gasteiger partial charge on any atom is 0.419 e. The molecule has 1 unspecified atom stereocenters. The summed E-state index contributed by atoms with van der Waals surface area (Å²) in [5.74, 6) is -2.51. The van der Waals surface area contributed by atoms with Gasteiger partial charge in [0.2, 0.25) is 6.10 Å². The molecular weight excluding hydrogens is 447 g/mol. The van der Waals surface area contributed by atoms with Crippen molar-refractivity contribution in [2.75, 3.05) is 6.61 Å². The molecule has 0 spiro atoms. The SMILES string of the molecule is CCOC(=O)C(Oc1ccc(C(F)(F)F)cc1C(F)(F)F)c1cccc(C(F)(F)F)c1. The number of carbonyl (C=O) groups excluding carboxylic acids is 1. The molecule has 0 saturated carbocycles. The van der Waals surface area contributed by atoms with Crippen LogP contribution in [0.2, 0.25) is 0 Å². The van der Waals surface area contributed by atoms with Crippen LogP contribution in [0.25, 0.3) is 0 Å². The Morgan fingerprint density at radius 3 is 1.94 bits per heavy atom. The van der Waals surface area contributed by atoms with Gasteiger partial charge >= 0.3 is 24.5 Å². The van der Waals surface area contributed by atoms with Crippen molar-refractivity contribution in [2.24, 2.45) is 0 Å². The van der Waals surface area contributed by atoms with Crippen molar-refractivity contribution in [1.29, 1.82) is 0 Å². The van der Waals surface area contributed by atoms with Crippen molar-refractivity contribution in [2.45, 2.75) is 31.6 Å². The van der Waals surface area contributed by atoms with Crippen LogP contribution in [0.4, 0.5) is 39.5 Å². The van der Waals surface area contributed by atoms with Crippen LogP contribution in [0.3, 0.4) is 0 Å². The van der Waals surface area contributed by atoms with Gasteiger partial charge in [-0.2, -0.15) is 39.5 Å². The summed E-state index contributed by atoms with van der Waals surface area (Å²) >= 11 is 0. The lowest BCUT2D eigenvalue weighted by atomic mass is 10.0. The summed E-state index contributed by atoms with van der Waals surface area (Å²) in [6.45, 7) is 1.05. The van der Waals surface area contributed by atoms with Crippen molar-refractivity contribution >= 4 is 5.97 Å². The highest BCUT2D eigenvalue weighted by atomic mass is 19.4. The molecule has 0 fully saturated rings. The monoisotopic (exact) mass is 460 g/mol. The lowest BCUT2D eigenvalue weighted by Crippen LogP contribution is -2.23. The maximum absolute atomic E-state index is 13.3. The molecule has 2 aromatic carbocycles. The number of rotatable bonds is 5. The first-order valence-corrected chi connectivity index (χ1v) is 8.43. The number of alkyl halides is 9. The molecule has 0 heterocycles. The smallest absolute Gasteiger partial charge is 0.419 e. The fraction of sp³-hybridized carbons (Fsp3) is 0.316. The third-order valence-corrected chi connectivity index (χ3v) is 3.87. The number of hydrogen-bond donors (Lipinski definition) is 0. The molecule has 0 amide bonds. The van der Waals surface area contributed by atoms with Crippen LogP contribution < -0.4 is 4.74 Å². The first kappa shape index (κ1) is 24.4. The fourth-order valence-electron chi connectivity index (χ4n) is 2.51. The van der Waals surface area contributed by atoms with Crippen molar-refractivity contribution in [3.05, 3.63) is 64.7 Å². The Labute approximate surface area is 169 Å². The molecule has 0 radical (unpaired) electrons. The average Bonchev–Trinajstić information content (AvgIpc) is 2.64. The largest absolute Gasteiger partial charge is 0.473 e. The van der Waals surface area contributed by atoms with E-state index in [1.807, 2.05) is 0 Å². The summed E-state index contributed by atoms with van der Waals surface area (Å²) in [5.41, 5.74) is -5.20. The minimum absolute atomic E-state index is 0.219. The van der Waals surface area contributed by atoms with E-state index in [-0.39, 0.29) is 12.7 Å². The Bertz CT molecular complexity index is 930. The molecule has 2 rings (SSSR count). The molecule has 0 aromatic heterocycles. The van der Waals surface area contributed by atoms with Gasteiger partial charge in [0.15, 0.2) is 0 Å². The zero-order valence-corrected chi connectivity index (χ0v) is 15.5. The van der Waals surface area contributed by atoms with E-state index in [1.54, 1.807) is 0 Å². The van der Waals surface area contributed by atoms with Crippen LogP contribution >= 0.6 is 0 Å². The summed E-state index contributed by atoms with van der Waals surface area (Å²) in [6, 6.07) is 3.41. The first-order valence-electron chi connectivity index (χ1n) is 8.43. The van der Waals surface area contributed by atoms with E-state index in [9.17, 15) is 44.3 Å². The molecule has 0 aliphatic heterocycles. The lowest BCUT2D eigenvalue weighted by Gasteiger charge is -2.22. The van der Waals surface area contributed by atoms with Gasteiger partial charge in [0, 0.05) is 5.56 Å². The second-order valence-corrected chi connectivity index (χ2v) is 6.08. The lowest BCUT2D eigenvalue weighted by molar-refractivity contribution is -0.154. The van der Waals surface area contributed by atoms with Crippen LogP contribution in [-0.2, 0) is 28.1 Å². The standard InChI is InChI=1S/C19H13F9O3/c1-2-30-16(29)15(10-4-3-5-11(8-10)17(20,21)22)31-14-7-6-12(18(23,24)25)9-13(14)19(26,27)28/h3-9,15H,2H2,1H3. The summed E-state index contributed by atoms with van der Waals surface area (Å²) in [4.78, 5) is 12.2. The molecule has 3 nitrogen and oxygen atoms in total. The Hall–Kier alpha value is -2.92. The summed E-state index contributed by atoms with van der Waals surface area (Å²) in [6.07, 6.45) is -17.3. The summed E-state index contributed by atoms with van der Waals surface area (Å²) in [7, 11) is 0. The third-order valence-electron chi connectivity index (χ3n) is 3.87. The van der Waals surface area contributed by atoms with E-state index in [2.05, 4.69) is 4.74 Å². The summed E-state index contributed by atoms with van der Waals surface area (Å²) in [5, 5.41) is 0. The Kier molecular flexibility index (Phi) is 6.81. The van der Waals surface area contributed by atoms with Crippen LogP contribution in [0, 0.1) is 0 Å². The number of ether oxygens (including phenoxy) is 2. The van der Waals surface area contributed by atoms with Gasteiger partial charge in [0.1, 0.15) is 5.75 Å². The van der Waals surface area contributed by atoms with Crippen molar-refractivity contribution in [1.82, 2.24) is 0 Å². The molecule has 170 valence electrons. The van der Waals surface area contributed by atoms with E-state index < -0.39 is 58.6 Å². The van der Waals surface area contributed by atoms with E-state index in [0.29, 0.717) is 24.3 Å². The van der Waals surface area contributed by atoms with Gasteiger partial charge in [0.05, 0.1) is 23.3 Å². The zero-order chi connectivity index (χ0) is 23.6. The average molecular weight is 460 g/mol. The highest BCUT2D eigenvalue weighted by Gasteiger charge is 2.40. The predicted molar refractivity (Wildman–Crippen MR) is 87.9 cm³/mol. The number of hydrogen-bond acceptors (Lipinski definition) is 3. The van der Waals surface area contributed by atoms with Crippen LogP contribution in [0.1, 0.15) is 35.3 Å². The van der Waals surface area contributed by atoms with Gasteiger partial charge in [-0.3, -0.25) is 0 Å². The van der Waals surface area contributed by atoms with E-state index >= 15 is 0 Å². The van der Waals surface area contributed by atoms with Crippen LogP contribution in [0.15, 0.2) is 42.5 Å². The summed E-state index contributed by atoms with van der Waals surface area (Å²) < 4.78 is 127. The molecule has 1 atom stereocenters. The highest BCUT2D eigenvalue weighted by molar-refractivity contribution is 5.77. The Morgan fingerprint density at radius 1 is 0.839 bits per heavy atom. The Morgan fingerprint density at radius 2 is 1.42 bits per heavy atom. The number of halogens is 9. The zero-order valence-electron chi connectivity index (χ0n) is 15.5. The van der Waals surface area contributed by atoms with Crippen molar-refractivity contribution in [3.63, 3.8) is 0 Å². The molecule has 12 heteroatoms. The fourth-order valence-corrected chi connectivity index (χ4v) is 2.51. The molecule has 0 saturated heterocycles. The van der Waals surface area contributed by atoms with Gasteiger partial charge < -0.3 is 9.47 Å². The highest BCUT2D eigenvalue weighted by Crippen LogP contribution is 2.42.